The maximum Gasteiger partial charge on any atom is 0.145 e. The summed E-state index contributed by atoms with van der Waals surface area (Å²) < 4.78 is 14.6. The van der Waals surface area contributed by atoms with Crippen LogP contribution in [0, 0.1) is 0 Å². The molecule has 144 valence electrons. The highest BCUT2D eigenvalue weighted by Gasteiger charge is 2.18. The van der Waals surface area contributed by atoms with Crippen LogP contribution in [0.15, 0.2) is 94.0 Å². The average molecular weight is 398 g/mol. The third-order valence-corrected chi connectivity index (χ3v) is 6.45. The SMILES string of the molecule is c1ccc2c(c1)oc1ccc3oc4cc5c(cc4c3c12)c1ccccc1c1nccn51. The van der Waals surface area contributed by atoms with Gasteiger partial charge in [-0.15, -0.1) is 0 Å². The predicted molar refractivity (Wildman–Crippen MR) is 125 cm³/mol. The second-order valence-corrected chi connectivity index (χ2v) is 8.04. The summed E-state index contributed by atoms with van der Waals surface area (Å²) in [6.07, 6.45) is 3.87. The van der Waals surface area contributed by atoms with Crippen LogP contribution in [0.25, 0.3) is 71.2 Å². The van der Waals surface area contributed by atoms with E-state index < -0.39 is 0 Å². The maximum atomic E-state index is 6.35. The molecule has 0 fully saturated rings. The van der Waals surface area contributed by atoms with Crippen LogP contribution in [0.3, 0.4) is 0 Å². The van der Waals surface area contributed by atoms with Crippen LogP contribution in [-0.2, 0) is 0 Å². The minimum atomic E-state index is 0.866. The van der Waals surface area contributed by atoms with E-state index in [9.17, 15) is 0 Å². The van der Waals surface area contributed by atoms with Gasteiger partial charge in [-0.1, -0.05) is 42.5 Å². The zero-order chi connectivity index (χ0) is 20.1. The number of nitrogens with zero attached hydrogens (tertiary/aromatic N) is 2. The Bertz CT molecular complexity index is 2000. The molecule has 0 unspecified atom stereocenters. The Morgan fingerprint density at radius 3 is 2.16 bits per heavy atom. The molecule has 0 bridgehead atoms. The first-order valence-corrected chi connectivity index (χ1v) is 10.3. The molecule has 0 atom stereocenters. The number of benzene rings is 4. The predicted octanol–water partition coefficient (Wildman–Crippen LogP) is 7.44. The molecular weight excluding hydrogens is 384 g/mol. The van der Waals surface area contributed by atoms with Gasteiger partial charge in [-0.3, -0.25) is 4.40 Å². The molecule has 4 nitrogen and oxygen atoms in total. The maximum absolute atomic E-state index is 6.35. The highest BCUT2D eigenvalue weighted by Crippen LogP contribution is 2.42. The number of rotatable bonds is 0. The summed E-state index contributed by atoms with van der Waals surface area (Å²) in [5.41, 5.74) is 5.56. The van der Waals surface area contributed by atoms with Crippen molar-refractivity contribution in [1.82, 2.24) is 9.38 Å². The van der Waals surface area contributed by atoms with Crippen molar-refractivity contribution < 1.29 is 8.83 Å². The second-order valence-electron chi connectivity index (χ2n) is 8.04. The molecule has 4 heteroatoms. The number of para-hydroxylation sites is 1. The van der Waals surface area contributed by atoms with E-state index in [4.69, 9.17) is 8.83 Å². The van der Waals surface area contributed by atoms with Crippen molar-refractivity contribution in [3.63, 3.8) is 0 Å². The number of fused-ring (bicyclic) bond motifs is 13. The van der Waals surface area contributed by atoms with Crippen LogP contribution in [0.2, 0.25) is 0 Å². The Morgan fingerprint density at radius 2 is 1.29 bits per heavy atom. The fourth-order valence-corrected chi connectivity index (χ4v) is 5.14. The molecule has 0 aliphatic heterocycles. The van der Waals surface area contributed by atoms with E-state index in [1.54, 1.807) is 0 Å². The molecule has 0 radical (unpaired) electrons. The summed E-state index contributed by atoms with van der Waals surface area (Å²) >= 11 is 0. The van der Waals surface area contributed by atoms with E-state index in [2.05, 4.69) is 57.9 Å². The average Bonchev–Trinajstić information content (AvgIpc) is 3.52. The summed E-state index contributed by atoms with van der Waals surface area (Å²) in [6.45, 7) is 0. The van der Waals surface area contributed by atoms with E-state index in [1.807, 2.05) is 36.7 Å². The monoisotopic (exact) mass is 398 g/mol. The zero-order valence-corrected chi connectivity index (χ0v) is 16.3. The molecule has 4 aromatic carbocycles. The standard InChI is InChI=1S/C27H14N2O2/c1-2-6-16-15(5-1)18-13-19-24(14-20(18)29-12-11-28-27(16)29)31-23-10-9-22-25(26(19)23)17-7-3-4-8-21(17)30-22/h1-14H. The number of hydrogen-bond acceptors (Lipinski definition) is 3. The Morgan fingerprint density at radius 1 is 0.581 bits per heavy atom. The van der Waals surface area contributed by atoms with Gasteiger partial charge in [0.25, 0.3) is 0 Å². The van der Waals surface area contributed by atoms with Crippen molar-refractivity contribution in [2.24, 2.45) is 0 Å². The summed E-state index contributed by atoms with van der Waals surface area (Å²) in [5, 5.41) is 7.95. The van der Waals surface area contributed by atoms with Crippen molar-refractivity contribution in [3.8, 4) is 0 Å². The smallest absolute Gasteiger partial charge is 0.145 e. The normalized spacial score (nSPS) is 12.5. The molecule has 31 heavy (non-hydrogen) atoms. The van der Waals surface area contributed by atoms with Crippen molar-refractivity contribution in [2.75, 3.05) is 0 Å². The summed E-state index contributed by atoms with van der Waals surface area (Å²) in [6, 6.07) is 25.1. The summed E-state index contributed by atoms with van der Waals surface area (Å²) in [4.78, 5) is 4.61. The van der Waals surface area contributed by atoms with Gasteiger partial charge in [0.15, 0.2) is 0 Å². The largest absolute Gasteiger partial charge is 0.456 e. The summed E-state index contributed by atoms with van der Waals surface area (Å²) in [7, 11) is 0. The molecule has 4 heterocycles. The first-order valence-electron chi connectivity index (χ1n) is 10.3. The molecule has 0 spiro atoms. The molecule has 0 saturated heterocycles. The van der Waals surface area contributed by atoms with Crippen LogP contribution in [0.5, 0.6) is 0 Å². The lowest BCUT2D eigenvalue weighted by Gasteiger charge is -2.08. The highest BCUT2D eigenvalue weighted by molar-refractivity contribution is 6.27. The topological polar surface area (TPSA) is 43.6 Å². The van der Waals surface area contributed by atoms with Crippen LogP contribution in [0.4, 0.5) is 0 Å². The molecule has 0 N–H and O–H groups in total. The van der Waals surface area contributed by atoms with Gasteiger partial charge < -0.3 is 8.83 Å². The van der Waals surface area contributed by atoms with E-state index in [0.717, 1.165) is 60.4 Å². The molecule has 0 amide bonds. The highest BCUT2D eigenvalue weighted by atomic mass is 16.3. The minimum absolute atomic E-state index is 0.866. The van der Waals surface area contributed by atoms with Crippen molar-refractivity contribution in [1.29, 1.82) is 0 Å². The van der Waals surface area contributed by atoms with Crippen LogP contribution in [0.1, 0.15) is 0 Å². The van der Waals surface area contributed by atoms with Crippen LogP contribution < -0.4 is 0 Å². The fraction of sp³-hybridized carbons (Fsp3) is 0. The van der Waals surface area contributed by atoms with Crippen molar-refractivity contribution >= 4 is 71.2 Å². The van der Waals surface area contributed by atoms with Gasteiger partial charge in [0.1, 0.15) is 28.0 Å². The molecule has 0 saturated carbocycles. The second kappa shape index (κ2) is 5.24. The van der Waals surface area contributed by atoms with Crippen molar-refractivity contribution in [2.45, 2.75) is 0 Å². The minimum Gasteiger partial charge on any atom is -0.456 e. The van der Waals surface area contributed by atoms with Gasteiger partial charge in [-0.05, 0) is 29.7 Å². The lowest BCUT2D eigenvalue weighted by atomic mass is 10.0. The Balaban J connectivity index is 1.67. The van der Waals surface area contributed by atoms with E-state index >= 15 is 0 Å². The lowest BCUT2D eigenvalue weighted by Crippen LogP contribution is -1.90. The summed E-state index contributed by atoms with van der Waals surface area (Å²) in [5.74, 6) is 0. The molecule has 0 aliphatic rings. The quantitative estimate of drug-likeness (QED) is 0.249. The van der Waals surface area contributed by atoms with Crippen LogP contribution in [-0.4, -0.2) is 9.38 Å². The van der Waals surface area contributed by atoms with Gasteiger partial charge in [0.05, 0.1) is 5.52 Å². The molecular formula is C27H14N2O2. The Labute approximate surface area is 174 Å². The molecule has 8 aromatic rings. The van der Waals surface area contributed by atoms with Gasteiger partial charge in [0.2, 0.25) is 0 Å². The van der Waals surface area contributed by atoms with Gasteiger partial charge in [-0.2, -0.15) is 0 Å². The number of furan rings is 2. The fourth-order valence-electron chi connectivity index (χ4n) is 5.14. The number of imidazole rings is 1. The molecule has 0 aliphatic carbocycles. The van der Waals surface area contributed by atoms with E-state index in [0.29, 0.717) is 0 Å². The van der Waals surface area contributed by atoms with Gasteiger partial charge >= 0.3 is 0 Å². The first-order chi connectivity index (χ1) is 15.4. The van der Waals surface area contributed by atoms with E-state index in [1.165, 1.54) is 10.8 Å². The number of pyridine rings is 1. The van der Waals surface area contributed by atoms with Crippen molar-refractivity contribution in [3.05, 3.63) is 85.2 Å². The Kier molecular flexibility index (Phi) is 2.62. The number of hydrogen-bond donors (Lipinski definition) is 0. The molecule has 8 rings (SSSR count). The van der Waals surface area contributed by atoms with Crippen LogP contribution >= 0.6 is 0 Å². The lowest BCUT2D eigenvalue weighted by molar-refractivity contribution is 0.663. The van der Waals surface area contributed by atoms with Gasteiger partial charge in [-0.25, -0.2) is 4.98 Å². The number of aromatic nitrogens is 2. The molecule has 4 aromatic heterocycles. The third kappa shape index (κ3) is 1.83. The van der Waals surface area contributed by atoms with Gasteiger partial charge in [0, 0.05) is 50.8 Å². The first kappa shape index (κ1) is 15.5. The van der Waals surface area contributed by atoms with E-state index in [-0.39, 0.29) is 0 Å². The Hall–Kier alpha value is -4.31. The zero-order valence-electron chi connectivity index (χ0n) is 16.3. The third-order valence-electron chi connectivity index (χ3n) is 6.45.